The van der Waals surface area contributed by atoms with Crippen molar-refractivity contribution < 1.29 is 9.18 Å². The van der Waals surface area contributed by atoms with Gasteiger partial charge in [-0.15, -0.1) is 0 Å². The Morgan fingerprint density at radius 2 is 1.75 bits per heavy atom. The number of hydrogen-bond donors (Lipinski definition) is 1. The van der Waals surface area contributed by atoms with Crippen molar-refractivity contribution in [1.29, 1.82) is 0 Å². The first-order valence-electron chi connectivity index (χ1n) is 9.05. The third-order valence-electron chi connectivity index (χ3n) is 4.15. The predicted molar refractivity (Wildman–Crippen MR) is 112 cm³/mol. The van der Waals surface area contributed by atoms with Gasteiger partial charge in [0.15, 0.2) is 5.82 Å². The lowest BCUT2D eigenvalue weighted by atomic mass is 10.0. The van der Waals surface area contributed by atoms with Gasteiger partial charge in [-0.3, -0.25) is 4.79 Å². The summed E-state index contributed by atoms with van der Waals surface area (Å²) in [6.07, 6.45) is 0. The van der Waals surface area contributed by atoms with Gasteiger partial charge in [0.25, 0.3) is 0 Å². The predicted octanol–water partition coefficient (Wildman–Crippen LogP) is 5.45. The molecule has 0 bridgehead atoms. The van der Waals surface area contributed by atoms with E-state index in [1.54, 1.807) is 12.1 Å². The monoisotopic (exact) mass is 395 g/mol. The van der Waals surface area contributed by atoms with Crippen molar-refractivity contribution in [3.8, 4) is 11.4 Å². The molecule has 0 fully saturated rings. The second-order valence-corrected chi connectivity index (χ2v) is 7.79. The molecule has 1 amide bonds. The van der Waals surface area contributed by atoms with Crippen molar-refractivity contribution in [3.63, 3.8) is 0 Å². The van der Waals surface area contributed by atoms with Gasteiger partial charge in [-0.05, 0) is 60.9 Å². The largest absolute Gasteiger partial charge is 0.325 e. The van der Waals surface area contributed by atoms with Crippen molar-refractivity contribution in [2.75, 3.05) is 11.1 Å². The first-order valence-corrected chi connectivity index (χ1v) is 10.0. The zero-order valence-corrected chi connectivity index (χ0v) is 16.9. The molecule has 1 aromatic heterocycles. The number of hydrogen-bond acceptors (Lipinski definition) is 4. The van der Waals surface area contributed by atoms with E-state index >= 15 is 0 Å². The molecular weight excluding hydrogens is 373 g/mol. The van der Waals surface area contributed by atoms with Gasteiger partial charge in [-0.25, -0.2) is 14.4 Å². The SMILES string of the molecule is Cc1cc(SCC(=O)Nc2ccc(C(C)C)cc2)nc(-c2ccc(F)cc2)n1. The number of benzene rings is 2. The summed E-state index contributed by atoms with van der Waals surface area (Å²) in [5, 5.41) is 3.61. The van der Waals surface area contributed by atoms with Crippen molar-refractivity contribution in [3.05, 3.63) is 71.7 Å². The van der Waals surface area contributed by atoms with E-state index in [0.717, 1.165) is 16.9 Å². The molecule has 0 atom stereocenters. The molecule has 1 N–H and O–H groups in total. The molecule has 6 heteroatoms. The van der Waals surface area contributed by atoms with Crippen molar-refractivity contribution in [1.82, 2.24) is 9.97 Å². The lowest BCUT2D eigenvalue weighted by Gasteiger charge is -2.09. The van der Waals surface area contributed by atoms with Crippen LogP contribution in [0.2, 0.25) is 0 Å². The number of nitrogens with one attached hydrogen (secondary N) is 1. The smallest absolute Gasteiger partial charge is 0.234 e. The van der Waals surface area contributed by atoms with Crippen LogP contribution >= 0.6 is 11.8 Å². The van der Waals surface area contributed by atoms with Crippen LogP contribution in [0.25, 0.3) is 11.4 Å². The minimum absolute atomic E-state index is 0.0955. The van der Waals surface area contributed by atoms with Crippen molar-refractivity contribution >= 4 is 23.4 Å². The number of aryl methyl sites for hydroxylation is 1. The number of carbonyl (C=O) groups excluding carboxylic acids is 1. The Bertz CT molecular complexity index is 957. The van der Waals surface area contributed by atoms with Gasteiger partial charge < -0.3 is 5.32 Å². The van der Waals surface area contributed by atoms with Gasteiger partial charge in [-0.2, -0.15) is 0 Å². The summed E-state index contributed by atoms with van der Waals surface area (Å²) in [6, 6.07) is 15.8. The Morgan fingerprint density at radius 3 is 2.39 bits per heavy atom. The maximum Gasteiger partial charge on any atom is 0.234 e. The highest BCUT2D eigenvalue weighted by molar-refractivity contribution is 7.99. The van der Waals surface area contributed by atoms with Crippen LogP contribution in [0.5, 0.6) is 0 Å². The summed E-state index contributed by atoms with van der Waals surface area (Å²) in [7, 11) is 0. The summed E-state index contributed by atoms with van der Waals surface area (Å²) in [5.41, 5.74) is 3.54. The van der Waals surface area contributed by atoms with Gasteiger partial charge in [0.05, 0.1) is 5.75 Å². The Kier molecular flexibility index (Phi) is 6.41. The standard InChI is InChI=1S/C22H22FN3OS/c1-14(2)16-6-10-19(11-7-16)25-20(27)13-28-21-12-15(3)24-22(26-21)17-4-8-18(23)9-5-17/h4-12,14H,13H2,1-3H3,(H,25,27). The number of rotatable bonds is 6. The molecule has 3 aromatic rings. The Morgan fingerprint density at radius 1 is 1.07 bits per heavy atom. The van der Waals surface area contributed by atoms with Gasteiger partial charge >= 0.3 is 0 Å². The average Bonchev–Trinajstić information content (AvgIpc) is 2.67. The third kappa shape index (κ3) is 5.39. The van der Waals surface area contributed by atoms with E-state index in [1.807, 2.05) is 37.3 Å². The normalized spacial score (nSPS) is 10.9. The summed E-state index contributed by atoms with van der Waals surface area (Å²) in [5.74, 6) is 0.820. The van der Waals surface area contributed by atoms with Gasteiger partial charge in [-0.1, -0.05) is 37.7 Å². The van der Waals surface area contributed by atoms with E-state index in [9.17, 15) is 9.18 Å². The molecule has 0 saturated heterocycles. The summed E-state index contributed by atoms with van der Waals surface area (Å²) >= 11 is 1.34. The number of halogens is 1. The maximum absolute atomic E-state index is 13.1. The van der Waals surface area contributed by atoms with Crippen molar-refractivity contribution in [2.45, 2.75) is 31.7 Å². The second-order valence-electron chi connectivity index (χ2n) is 6.79. The fourth-order valence-corrected chi connectivity index (χ4v) is 3.39. The Balaban J connectivity index is 1.63. The van der Waals surface area contributed by atoms with Gasteiger partial charge in [0.2, 0.25) is 5.91 Å². The molecule has 0 aliphatic heterocycles. The molecule has 3 rings (SSSR count). The number of anilines is 1. The molecule has 0 aliphatic rings. The molecule has 4 nitrogen and oxygen atoms in total. The summed E-state index contributed by atoms with van der Waals surface area (Å²) < 4.78 is 13.1. The topological polar surface area (TPSA) is 54.9 Å². The minimum Gasteiger partial charge on any atom is -0.325 e. The minimum atomic E-state index is -0.302. The average molecular weight is 396 g/mol. The van der Waals surface area contributed by atoms with Crippen LogP contribution in [0.3, 0.4) is 0 Å². The lowest BCUT2D eigenvalue weighted by molar-refractivity contribution is -0.113. The highest BCUT2D eigenvalue weighted by Crippen LogP contribution is 2.22. The molecule has 144 valence electrons. The molecule has 2 aromatic carbocycles. The third-order valence-corrected chi connectivity index (χ3v) is 5.06. The number of carbonyl (C=O) groups is 1. The molecule has 0 spiro atoms. The second kappa shape index (κ2) is 8.97. The van der Waals surface area contributed by atoms with E-state index in [4.69, 9.17) is 0 Å². The zero-order valence-electron chi connectivity index (χ0n) is 16.1. The van der Waals surface area contributed by atoms with Gasteiger partial charge in [0.1, 0.15) is 10.8 Å². The Hall–Kier alpha value is -2.73. The van der Waals surface area contributed by atoms with Crippen LogP contribution in [-0.4, -0.2) is 21.6 Å². The highest BCUT2D eigenvalue weighted by Gasteiger charge is 2.09. The summed E-state index contributed by atoms with van der Waals surface area (Å²) in [6.45, 7) is 6.14. The van der Waals surface area contributed by atoms with E-state index in [0.29, 0.717) is 16.8 Å². The molecule has 0 unspecified atom stereocenters. The maximum atomic E-state index is 13.1. The van der Waals surface area contributed by atoms with Gasteiger partial charge in [0, 0.05) is 16.9 Å². The number of amides is 1. The lowest BCUT2D eigenvalue weighted by Crippen LogP contribution is -2.14. The fourth-order valence-electron chi connectivity index (χ4n) is 2.63. The molecule has 0 saturated carbocycles. The van der Waals surface area contributed by atoms with Crippen molar-refractivity contribution in [2.24, 2.45) is 0 Å². The first kappa shape index (κ1) is 20.0. The zero-order chi connectivity index (χ0) is 20.1. The van der Waals surface area contributed by atoms with Crippen LogP contribution in [0, 0.1) is 12.7 Å². The quantitative estimate of drug-likeness (QED) is 0.446. The number of aromatic nitrogens is 2. The van der Waals surface area contributed by atoms with E-state index in [2.05, 4.69) is 29.1 Å². The highest BCUT2D eigenvalue weighted by atomic mass is 32.2. The molecule has 0 aliphatic carbocycles. The fraction of sp³-hybridized carbons (Fsp3) is 0.227. The molecule has 1 heterocycles. The number of thioether (sulfide) groups is 1. The van der Waals surface area contributed by atoms with E-state index in [1.165, 1.54) is 29.5 Å². The Labute approximate surface area is 168 Å². The van der Waals surface area contributed by atoms with E-state index in [-0.39, 0.29) is 17.5 Å². The van der Waals surface area contributed by atoms with Crippen LogP contribution in [0.15, 0.2) is 59.6 Å². The number of nitrogens with zero attached hydrogens (tertiary/aromatic N) is 2. The van der Waals surface area contributed by atoms with Crippen LogP contribution in [-0.2, 0) is 4.79 Å². The van der Waals surface area contributed by atoms with Crippen LogP contribution < -0.4 is 5.32 Å². The summed E-state index contributed by atoms with van der Waals surface area (Å²) in [4.78, 5) is 21.2. The molecule has 0 radical (unpaired) electrons. The molecular formula is C22H22FN3OS. The van der Waals surface area contributed by atoms with Crippen LogP contribution in [0.4, 0.5) is 10.1 Å². The first-order chi connectivity index (χ1) is 13.4. The van der Waals surface area contributed by atoms with Crippen LogP contribution in [0.1, 0.15) is 31.0 Å². The molecule has 28 heavy (non-hydrogen) atoms. The van der Waals surface area contributed by atoms with E-state index < -0.39 is 0 Å².